The van der Waals surface area contributed by atoms with E-state index in [1.807, 2.05) is 17.0 Å². The molecule has 0 aliphatic carbocycles. The molecule has 3 heterocycles. The van der Waals surface area contributed by atoms with Crippen LogP contribution in [0.15, 0.2) is 18.2 Å². The van der Waals surface area contributed by atoms with E-state index in [0.29, 0.717) is 31.5 Å². The number of rotatable bonds is 3. The maximum Gasteiger partial charge on any atom is 0.242 e. The lowest BCUT2D eigenvalue weighted by Crippen LogP contribution is -2.49. The first-order valence-electron chi connectivity index (χ1n) is 11.2. The number of halogens is 1. The molecule has 2 saturated heterocycles. The fourth-order valence-electron chi connectivity index (χ4n) is 5.18. The lowest BCUT2D eigenvalue weighted by atomic mass is 9.92. The quantitative estimate of drug-likeness (QED) is 0.742. The van der Waals surface area contributed by atoms with E-state index in [0.717, 1.165) is 63.1 Å². The van der Waals surface area contributed by atoms with Gasteiger partial charge in [0.1, 0.15) is 0 Å². The van der Waals surface area contributed by atoms with Crippen LogP contribution in [0.2, 0.25) is 0 Å². The van der Waals surface area contributed by atoms with E-state index in [2.05, 4.69) is 22.8 Å². The molecule has 0 bridgehead atoms. The molecule has 0 aromatic heterocycles. The Balaban J connectivity index is 0.00000256. The van der Waals surface area contributed by atoms with Crippen LogP contribution < -0.4 is 10.6 Å². The smallest absolute Gasteiger partial charge is 0.242 e. The number of hydrogen-bond donors (Lipinski definition) is 1. The molecule has 30 heavy (non-hydrogen) atoms. The van der Waals surface area contributed by atoms with Gasteiger partial charge in [-0.25, -0.2) is 0 Å². The van der Waals surface area contributed by atoms with E-state index in [1.54, 1.807) is 0 Å². The van der Waals surface area contributed by atoms with Gasteiger partial charge in [-0.2, -0.15) is 0 Å². The second kappa shape index (κ2) is 9.90. The Morgan fingerprint density at radius 2 is 1.80 bits per heavy atom. The van der Waals surface area contributed by atoms with Crippen LogP contribution in [-0.4, -0.2) is 60.9 Å². The van der Waals surface area contributed by atoms with Gasteiger partial charge in [0, 0.05) is 50.0 Å². The monoisotopic (exact) mass is 434 g/mol. The fraction of sp³-hybridized carbons (Fsp3) is 0.652. The number of anilines is 2. The second-order valence-corrected chi connectivity index (χ2v) is 9.06. The molecule has 2 fully saturated rings. The van der Waals surface area contributed by atoms with Gasteiger partial charge in [-0.3, -0.25) is 9.59 Å². The Hall–Kier alpha value is -1.95. The molecule has 0 saturated carbocycles. The Morgan fingerprint density at radius 1 is 1.03 bits per heavy atom. The van der Waals surface area contributed by atoms with E-state index < -0.39 is 0 Å². The molecule has 0 spiro atoms. The van der Waals surface area contributed by atoms with Crippen LogP contribution in [0.1, 0.15) is 44.6 Å². The van der Waals surface area contributed by atoms with Crippen LogP contribution in [0, 0.1) is 11.8 Å². The summed E-state index contributed by atoms with van der Waals surface area (Å²) in [5, 5.41) is 0. The number of hydrogen-bond acceptors (Lipinski definition) is 4. The van der Waals surface area contributed by atoms with E-state index in [-0.39, 0.29) is 24.2 Å². The van der Waals surface area contributed by atoms with Gasteiger partial charge < -0.3 is 20.4 Å². The standard InChI is InChI=1S/C23H34N4O2.ClH/c1-17-5-3-12-27(15-17)23(29)18-9-13-25(14-10-18)22(28)16-26-11-4-6-19-20(24)7-2-8-21(19)26;/h2,7-8,17-18H,3-6,9-16,24H2,1H3;1H. The number of piperidine rings is 2. The third-order valence-corrected chi connectivity index (χ3v) is 6.87. The van der Waals surface area contributed by atoms with Crippen LogP contribution >= 0.6 is 12.4 Å². The maximum atomic E-state index is 12.9. The first-order chi connectivity index (χ1) is 14.0. The summed E-state index contributed by atoms with van der Waals surface area (Å²) in [7, 11) is 0. The third kappa shape index (κ3) is 4.85. The number of carbonyl (C=O) groups is 2. The zero-order chi connectivity index (χ0) is 20.4. The predicted molar refractivity (Wildman–Crippen MR) is 123 cm³/mol. The highest BCUT2D eigenvalue weighted by atomic mass is 35.5. The summed E-state index contributed by atoms with van der Waals surface area (Å²) in [6.45, 7) is 6.71. The molecule has 1 aromatic rings. The summed E-state index contributed by atoms with van der Waals surface area (Å²) in [5.74, 6) is 1.16. The highest BCUT2D eigenvalue weighted by Gasteiger charge is 2.32. The van der Waals surface area contributed by atoms with Crippen molar-refractivity contribution >= 4 is 35.6 Å². The second-order valence-electron chi connectivity index (χ2n) is 9.06. The SMILES string of the molecule is CC1CCCN(C(=O)C2CCN(C(=O)CN3CCCc4c(N)cccc43)CC2)C1.Cl. The van der Waals surface area contributed by atoms with Gasteiger partial charge in [0.15, 0.2) is 0 Å². The van der Waals surface area contributed by atoms with Crippen molar-refractivity contribution in [3.63, 3.8) is 0 Å². The Bertz CT molecular complexity index is 764. The van der Waals surface area contributed by atoms with Crippen molar-refractivity contribution in [1.82, 2.24) is 9.80 Å². The minimum absolute atomic E-state index is 0. The molecular formula is C23H35ClN4O2. The van der Waals surface area contributed by atoms with Crippen LogP contribution in [0.4, 0.5) is 11.4 Å². The molecule has 2 amide bonds. The number of nitrogens with zero attached hydrogens (tertiary/aromatic N) is 3. The van der Waals surface area contributed by atoms with E-state index in [4.69, 9.17) is 5.73 Å². The summed E-state index contributed by atoms with van der Waals surface area (Å²) in [6, 6.07) is 5.98. The molecule has 1 unspecified atom stereocenters. The number of fused-ring (bicyclic) bond motifs is 1. The van der Waals surface area contributed by atoms with Crippen molar-refractivity contribution < 1.29 is 9.59 Å². The number of likely N-dealkylation sites (tertiary alicyclic amines) is 2. The zero-order valence-corrected chi connectivity index (χ0v) is 18.8. The lowest BCUT2D eigenvalue weighted by molar-refractivity contribution is -0.141. The van der Waals surface area contributed by atoms with Crippen LogP contribution in [0.5, 0.6) is 0 Å². The number of carbonyl (C=O) groups excluding carboxylic acids is 2. The molecule has 3 aliphatic rings. The van der Waals surface area contributed by atoms with Gasteiger partial charge >= 0.3 is 0 Å². The van der Waals surface area contributed by atoms with Gasteiger partial charge in [-0.15, -0.1) is 12.4 Å². The molecule has 7 heteroatoms. The average molecular weight is 435 g/mol. The summed E-state index contributed by atoms with van der Waals surface area (Å²) in [4.78, 5) is 32.0. The summed E-state index contributed by atoms with van der Waals surface area (Å²) in [5.41, 5.74) is 9.24. The third-order valence-electron chi connectivity index (χ3n) is 6.87. The number of benzene rings is 1. The molecule has 166 valence electrons. The average Bonchev–Trinajstić information content (AvgIpc) is 2.74. The Morgan fingerprint density at radius 3 is 2.53 bits per heavy atom. The fourth-order valence-corrected chi connectivity index (χ4v) is 5.18. The zero-order valence-electron chi connectivity index (χ0n) is 18.0. The number of amides is 2. The topological polar surface area (TPSA) is 69.9 Å². The molecule has 4 rings (SSSR count). The van der Waals surface area contributed by atoms with Crippen molar-refractivity contribution in [2.24, 2.45) is 11.8 Å². The van der Waals surface area contributed by atoms with Gasteiger partial charge in [-0.1, -0.05) is 13.0 Å². The Kier molecular flexibility index (Phi) is 7.50. The molecule has 0 radical (unpaired) electrons. The van der Waals surface area contributed by atoms with Gasteiger partial charge in [0.05, 0.1) is 6.54 Å². The first-order valence-corrected chi connectivity index (χ1v) is 11.2. The van der Waals surface area contributed by atoms with E-state index >= 15 is 0 Å². The van der Waals surface area contributed by atoms with Gasteiger partial charge in [0.25, 0.3) is 0 Å². The largest absolute Gasteiger partial charge is 0.398 e. The van der Waals surface area contributed by atoms with Crippen LogP contribution in [0.25, 0.3) is 0 Å². The molecule has 1 atom stereocenters. The van der Waals surface area contributed by atoms with Crippen molar-refractivity contribution in [3.8, 4) is 0 Å². The molecule has 3 aliphatic heterocycles. The minimum Gasteiger partial charge on any atom is -0.398 e. The predicted octanol–water partition coefficient (Wildman–Crippen LogP) is 2.94. The summed E-state index contributed by atoms with van der Waals surface area (Å²) >= 11 is 0. The van der Waals surface area contributed by atoms with E-state index in [9.17, 15) is 9.59 Å². The Labute approximate surface area is 186 Å². The molecule has 2 N–H and O–H groups in total. The van der Waals surface area contributed by atoms with Crippen molar-refractivity contribution in [2.75, 3.05) is 49.9 Å². The van der Waals surface area contributed by atoms with Crippen molar-refractivity contribution in [2.45, 2.75) is 45.4 Å². The lowest BCUT2D eigenvalue weighted by Gasteiger charge is -2.38. The number of nitrogen functional groups attached to an aromatic ring is 1. The normalized spacial score (nSPS) is 22.3. The van der Waals surface area contributed by atoms with E-state index in [1.165, 1.54) is 12.0 Å². The van der Waals surface area contributed by atoms with Crippen molar-refractivity contribution in [3.05, 3.63) is 23.8 Å². The molecule has 1 aromatic carbocycles. The van der Waals surface area contributed by atoms with Gasteiger partial charge in [0.2, 0.25) is 11.8 Å². The van der Waals surface area contributed by atoms with Crippen LogP contribution in [-0.2, 0) is 16.0 Å². The number of nitrogens with two attached hydrogens (primary N) is 1. The minimum atomic E-state index is 0. The van der Waals surface area contributed by atoms with Crippen molar-refractivity contribution in [1.29, 1.82) is 0 Å². The molecule has 6 nitrogen and oxygen atoms in total. The molecular weight excluding hydrogens is 400 g/mol. The van der Waals surface area contributed by atoms with Gasteiger partial charge in [-0.05, 0) is 62.1 Å². The highest BCUT2D eigenvalue weighted by molar-refractivity contribution is 5.85. The van der Waals surface area contributed by atoms with Crippen LogP contribution in [0.3, 0.4) is 0 Å². The highest BCUT2D eigenvalue weighted by Crippen LogP contribution is 2.31. The summed E-state index contributed by atoms with van der Waals surface area (Å²) < 4.78 is 0. The summed E-state index contributed by atoms with van der Waals surface area (Å²) in [6.07, 6.45) is 5.93. The first kappa shape index (κ1) is 22.7. The maximum absolute atomic E-state index is 12.9.